The molecule has 5 nitrogen and oxygen atoms in total. The molecule has 2 unspecified atom stereocenters. The molecule has 106 valence electrons. The van der Waals surface area contributed by atoms with Crippen molar-refractivity contribution in [3.05, 3.63) is 11.9 Å². The minimum atomic E-state index is 0.543. The molecule has 0 saturated carbocycles. The van der Waals surface area contributed by atoms with Gasteiger partial charge in [-0.1, -0.05) is 0 Å². The van der Waals surface area contributed by atoms with Crippen molar-refractivity contribution in [2.75, 3.05) is 36.9 Å². The number of hydrogen-bond acceptors (Lipinski definition) is 5. The van der Waals surface area contributed by atoms with Gasteiger partial charge in [-0.15, -0.1) is 0 Å². The van der Waals surface area contributed by atoms with E-state index in [1.54, 1.807) is 0 Å². The van der Waals surface area contributed by atoms with Gasteiger partial charge in [0.15, 0.2) is 0 Å². The van der Waals surface area contributed by atoms with Crippen LogP contribution >= 0.6 is 0 Å². The molecule has 1 saturated heterocycles. The lowest BCUT2D eigenvalue weighted by Gasteiger charge is -2.43. The zero-order valence-electron chi connectivity index (χ0n) is 12.6. The van der Waals surface area contributed by atoms with Gasteiger partial charge in [0, 0.05) is 37.8 Å². The summed E-state index contributed by atoms with van der Waals surface area (Å²) in [5, 5.41) is 3.27. The van der Waals surface area contributed by atoms with E-state index in [1.807, 2.05) is 6.92 Å². The van der Waals surface area contributed by atoms with Crippen molar-refractivity contribution in [2.24, 2.45) is 0 Å². The van der Waals surface area contributed by atoms with Gasteiger partial charge >= 0.3 is 0 Å². The SMILES string of the molecule is CCNc1cc(N2CC(C)N(C)C(C)C2)nc(C)n1. The normalized spacial score (nSPS) is 24.6. The third-order valence-electron chi connectivity index (χ3n) is 3.87. The van der Waals surface area contributed by atoms with Crippen LogP contribution in [0.3, 0.4) is 0 Å². The van der Waals surface area contributed by atoms with Crippen molar-refractivity contribution in [3.63, 3.8) is 0 Å². The number of rotatable bonds is 3. The van der Waals surface area contributed by atoms with Gasteiger partial charge in [-0.3, -0.25) is 4.90 Å². The Bertz CT molecular complexity index is 422. The summed E-state index contributed by atoms with van der Waals surface area (Å²) in [5.74, 6) is 2.78. The number of aryl methyl sites for hydroxylation is 1. The van der Waals surface area contributed by atoms with Gasteiger partial charge < -0.3 is 10.2 Å². The maximum atomic E-state index is 4.59. The smallest absolute Gasteiger partial charge is 0.134 e. The first-order valence-corrected chi connectivity index (χ1v) is 7.07. The second-order valence-electron chi connectivity index (χ2n) is 5.46. The van der Waals surface area contributed by atoms with Gasteiger partial charge in [0.2, 0.25) is 0 Å². The van der Waals surface area contributed by atoms with Gasteiger partial charge in [0.1, 0.15) is 17.5 Å². The lowest BCUT2D eigenvalue weighted by Crippen LogP contribution is -2.55. The molecule has 1 aromatic heterocycles. The molecular weight excluding hydrogens is 238 g/mol. The highest BCUT2D eigenvalue weighted by atomic mass is 15.3. The van der Waals surface area contributed by atoms with E-state index in [9.17, 15) is 0 Å². The first kappa shape index (κ1) is 14.1. The average molecular weight is 263 g/mol. The molecule has 0 aromatic carbocycles. The predicted octanol–water partition coefficient (Wildman–Crippen LogP) is 1.75. The molecule has 0 aliphatic carbocycles. The van der Waals surface area contributed by atoms with Gasteiger partial charge in [0.25, 0.3) is 0 Å². The Morgan fingerprint density at radius 1 is 1.26 bits per heavy atom. The maximum Gasteiger partial charge on any atom is 0.134 e. The molecule has 2 heterocycles. The molecular formula is C14H25N5. The molecule has 0 radical (unpaired) electrons. The Morgan fingerprint density at radius 2 is 1.89 bits per heavy atom. The third-order valence-corrected chi connectivity index (χ3v) is 3.87. The lowest BCUT2D eigenvalue weighted by molar-refractivity contribution is 0.169. The fourth-order valence-electron chi connectivity index (χ4n) is 2.58. The summed E-state index contributed by atoms with van der Waals surface area (Å²) in [6.45, 7) is 11.5. The van der Waals surface area contributed by atoms with Crippen molar-refractivity contribution in [2.45, 2.75) is 39.8 Å². The topological polar surface area (TPSA) is 44.3 Å². The second-order valence-corrected chi connectivity index (χ2v) is 5.46. The quantitative estimate of drug-likeness (QED) is 0.900. The standard InChI is InChI=1S/C14H25N5/c1-6-15-13-7-14(17-12(4)16-13)19-8-10(2)18(5)11(3)9-19/h7,10-11H,6,8-9H2,1-5H3,(H,15,16,17). The van der Waals surface area contributed by atoms with Crippen LogP contribution < -0.4 is 10.2 Å². The number of anilines is 2. The molecule has 0 bridgehead atoms. The predicted molar refractivity (Wildman–Crippen MR) is 79.8 cm³/mol. The Hall–Kier alpha value is -1.36. The summed E-state index contributed by atoms with van der Waals surface area (Å²) in [5.41, 5.74) is 0. The Kier molecular flexibility index (Phi) is 4.24. The second kappa shape index (κ2) is 5.74. The van der Waals surface area contributed by atoms with Crippen LogP contribution in [0.25, 0.3) is 0 Å². The van der Waals surface area contributed by atoms with E-state index < -0.39 is 0 Å². The molecule has 1 N–H and O–H groups in total. The zero-order chi connectivity index (χ0) is 14.0. The highest BCUT2D eigenvalue weighted by molar-refractivity contribution is 5.50. The van der Waals surface area contributed by atoms with Crippen LogP contribution in [0.15, 0.2) is 6.07 Å². The monoisotopic (exact) mass is 263 g/mol. The Morgan fingerprint density at radius 3 is 2.47 bits per heavy atom. The number of hydrogen-bond donors (Lipinski definition) is 1. The minimum absolute atomic E-state index is 0.543. The molecule has 0 spiro atoms. The molecule has 19 heavy (non-hydrogen) atoms. The van der Waals surface area contributed by atoms with Gasteiger partial charge in [-0.05, 0) is 34.7 Å². The molecule has 2 atom stereocenters. The van der Waals surface area contributed by atoms with E-state index in [-0.39, 0.29) is 0 Å². The van der Waals surface area contributed by atoms with Crippen LogP contribution in [0.2, 0.25) is 0 Å². The van der Waals surface area contributed by atoms with Crippen molar-refractivity contribution in [1.29, 1.82) is 0 Å². The molecule has 5 heteroatoms. The van der Waals surface area contributed by atoms with Gasteiger partial charge in [0.05, 0.1) is 0 Å². The maximum absolute atomic E-state index is 4.59. The molecule has 1 aliphatic heterocycles. The van der Waals surface area contributed by atoms with Crippen molar-refractivity contribution >= 4 is 11.6 Å². The first-order chi connectivity index (χ1) is 9.01. The van der Waals surface area contributed by atoms with E-state index in [2.05, 4.69) is 59.0 Å². The van der Waals surface area contributed by atoms with Crippen LogP contribution in [0.1, 0.15) is 26.6 Å². The van der Waals surface area contributed by atoms with Crippen LogP contribution in [-0.4, -0.2) is 53.6 Å². The van der Waals surface area contributed by atoms with E-state index >= 15 is 0 Å². The average Bonchev–Trinajstić information content (AvgIpc) is 2.35. The molecule has 1 aliphatic rings. The zero-order valence-corrected chi connectivity index (χ0v) is 12.6. The van der Waals surface area contributed by atoms with Crippen molar-refractivity contribution in [1.82, 2.24) is 14.9 Å². The number of piperazine rings is 1. The summed E-state index contributed by atoms with van der Waals surface area (Å²) >= 11 is 0. The van der Waals surface area contributed by atoms with Crippen molar-refractivity contribution < 1.29 is 0 Å². The van der Waals surface area contributed by atoms with Crippen LogP contribution in [0, 0.1) is 6.92 Å². The van der Waals surface area contributed by atoms with E-state index in [0.29, 0.717) is 12.1 Å². The molecule has 1 fully saturated rings. The fraction of sp³-hybridized carbons (Fsp3) is 0.714. The first-order valence-electron chi connectivity index (χ1n) is 7.07. The van der Waals surface area contributed by atoms with Gasteiger partial charge in [-0.2, -0.15) is 0 Å². The summed E-state index contributed by atoms with van der Waals surface area (Å²) in [6, 6.07) is 3.14. The molecule has 0 amide bonds. The van der Waals surface area contributed by atoms with Crippen LogP contribution in [0.4, 0.5) is 11.6 Å². The summed E-state index contributed by atoms with van der Waals surface area (Å²) in [4.78, 5) is 13.8. The largest absolute Gasteiger partial charge is 0.370 e. The number of nitrogens with one attached hydrogen (secondary N) is 1. The fourth-order valence-corrected chi connectivity index (χ4v) is 2.58. The van der Waals surface area contributed by atoms with E-state index in [0.717, 1.165) is 37.1 Å². The Labute approximate surface area is 116 Å². The van der Waals surface area contributed by atoms with Crippen molar-refractivity contribution in [3.8, 4) is 0 Å². The number of likely N-dealkylation sites (N-methyl/N-ethyl adjacent to an activating group) is 1. The van der Waals surface area contributed by atoms with E-state index in [1.165, 1.54) is 0 Å². The minimum Gasteiger partial charge on any atom is -0.370 e. The van der Waals surface area contributed by atoms with Crippen LogP contribution in [-0.2, 0) is 0 Å². The highest BCUT2D eigenvalue weighted by Crippen LogP contribution is 2.21. The van der Waals surface area contributed by atoms with Crippen LogP contribution in [0.5, 0.6) is 0 Å². The summed E-state index contributed by atoms with van der Waals surface area (Å²) in [7, 11) is 2.20. The number of aromatic nitrogens is 2. The van der Waals surface area contributed by atoms with E-state index in [4.69, 9.17) is 0 Å². The summed E-state index contributed by atoms with van der Waals surface area (Å²) < 4.78 is 0. The Balaban J connectivity index is 2.21. The number of nitrogens with zero attached hydrogens (tertiary/aromatic N) is 4. The highest BCUT2D eigenvalue weighted by Gasteiger charge is 2.27. The van der Waals surface area contributed by atoms with Gasteiger partial charge in [-0.25, -0.2) is 9.97 Å². The lowest BCUT2D eigenvalue weighted by atomic mass is 10.1. The third kappa shape index (κ3) is 3.15. The molecule has 1 aromatic rings. The molecule has 2 rings (SSSR count). The summed E-state index contributed by atoms with van der Waals surface area (Å²) in [6.07, 6.45) is 0.